The highest BCUT2D eigenvalue weighted by atomic mass is 15.5. The Hall–Kier alpha value is -0.860. The minimum absolute atomic E-state index is 0.499. The summed E-state index contributed by atoms with van der Waals surface area (Å²) in [6.07, 6.45) is 0. The van der Waals surface area contributed by atoms with Crippen LogP contribution in [0.3, 0.4) is 0 Å². The number of benzene rings is 1. The summed E-state index contributed by atoms with van der Waals surface area (Å²) in [4.78, 5) is 0. The molecule has 1 N–H and O–H groups in total. The van der Waals surface area contributed by atoms with Gasteiger partial charge in [0.25, 0.3) is 0 Å². The topological polar surface area (TPSA) is 15.3 Å². The van der Waals surface area contributed by atoms with Crippen molar-refractivity contribution >= 4 is 0 Å². The SMILES string of the molecule is CCN(Cc1ccccc1)NC(C)C. The van der Waals surface area contributed by atoms with Crippen molar-refractivity contribution in [3.05, 3.63) is 35.9 Å². The van der Waals surface area contributed by atoms with Gasteiger partial charge in [0.05, 0.1) is 0 Å². The standard InChI is InChI=1S/C12H20N2/c1-4-14(13-11(2)3)10-12-8-6-5-7-9-12/h5-9,11,13H,4,10H2,1-3H3. The van der Waals surface area contributed by atoms with Crippen LogP contribution >= 0.6 is 0 Å². The van der Waals surface area contributed by atoms with Gasteiger partial charge >= 0.3 is 0 Å². The molecule has 78 valence electrons. The Kier molecular flexibility index (Phi) is 4.63. The van der Waals surface area contributed by atoms with Gasteiger partial charge in [-0.15, -0.1) is 0 Å². The van der Waals surface area contributed by atoms with E-state index in [2.05, 4.69) is 61.5 Å². The number of hydrazine groups is 1. The molecule has 2 heteroatoms. The first kappa shape index (κ1) is 11.2. The predicted molar refractivity (Wildman–Crippen MR) is 60.8 cm³/mol. The van der Waals surface area contributed by atoms with Gasteiger partial charge < -0.3 is 0 Å². The molecule has 14 heavy (non-hydrogen) atoms. The molecule has 2 nitrogen and oxygen atoms in total. The smallest absolute Gasteiger partial charge is 0.0381 e. The van der Waals surface area contributed by atoms with E-state index in [1.54, 1.807) is 0 Å². The zero-order chi connectivity index (χ0) is 10.4. The Labute approximate surface area is 86.9 Å². The molecule has 1 aromatic rings. The van der Waals surface area contributed by atoms with Crippen LogP contribution in [0, 0.1) is 0 Å². The maximum Gasteiger partial charge on any atom is 0.0381 e. The lowest BCUT2D eigenvalue weighted by atomic mass is 10.2. The fourth-order valence-electron chi connectivity index (χ4n) is 1.42. The maximum atomic E-state index is 3.41. The highest BCUT2D eigenvalue weighted by Crippen LogP contribution is 2.02. The van der Waals surface area contributed by atoms with E-state index in [1.165, 1.54) is 5.56 Å². The zero-order valence-corrected chi connectivity index (χ0v) is 9.33. The molecule has 0 aliphatic carbocycles. The van der Waals surface area contributed by atoms with E-state index in [0.717, 1.165) is 13.1 Å². The van der Waals surface area contributed by atoms with E-state index in [1.807, 2.05) is 0 Å². The minimum atomic E-state index is 0.499. The highest BCUT2D eigenvalue weighted by Gasteiger charge is 2.03. The highest BCUT2D eigenvalue weighted by molar-refractivity contribution is 5.14. The van der Waals surface area contributed by atoms with Crippen LogP contribution in [0.15, 0.2) is 30.3 Å². The summed E-state index contributed by atoms with van der Waals surface area (Å²) in [5.41, 5.74) is 4.76. The van der Waals surface area contributed by atoms with Gasteiger partial charge in [-0.05, 0) is 19.4 Å². The van der Waals surface area contributed by atoms with Crippen molar-refractivity contribution in [1.82, 2.24) is 10.4 Å². The lowest BCUT2D eigenvalue weighted by molar-refractivity contribution is 0.167. The number of hydrogen-bond donors (Lipinski definition) is 1. The predicted octanol–water partition coefficient (Wildman–Crippen LogP) is 2.42. The molecule has 0 radical (unpaired) electrons. The first-order valence-electron chi connectivity index (χ1n) is 5.27. The molecular weight excluding hydrogens is 172 g/mol. The van der Waals surface area contributed by atoms with E-state index < -0.39 is 0 Å². The summed E-state index contributed by atoms with van der Waals surface area (Å²) in [5.74, 6) is 0. The molecule has 0 spiro atoms. The zero-order valence-electron chi connectivity index (χ0n) is 9.33. The number of nitrogens with zero attached hydrogens (tertiary/aromatic N) is 1. The number of rotatable bonds is 5. The van der Waals surface area contributed by atoms with Crippen LogP contribution in [0.2, 0.25) is 0 Å². The van der Waals surface area contributed by atoms with Crippen LogP contribution in [0.25, 0.3) is 0 Å². The Morgan fingerprint density at radius 2 is 1.86 bits per heavy atom. The van der Waals surface area contributed by atoms with Crippen LogP contribution in [-0.4, -0.2) is 17.6 Å². The van der Waals surface area contributed by atoms with Crippen molar-refractivity contribution < 1.29 is 0 Å². The van der Waals surface area contributed by atoms with E-state index >= 15 is 0 Å². The van der Waals surface area contributed by atoms with E-state index in [-0.39, 0.29) is 0 Å². The van der Waals surface area contributed by atoms with Gasteiger partial charge in [-0.1, -0.05) is 37.3 Å². The van der Waals surface area contributed by atoms with Crippen molar-refractivity contribution in [3.63, 3.8) is 0 Å². The number of hydrogen-bond acceptors (Lipinski definition) is 2. The fraction of sp³-hybridized carbons (Fsp3) is 0.500. The van der Waals surface area contributed by atoms with Gasteiger partial charge in [0.1, 0.15) is 0 Å². The molecule has 0 aromatic heterocycles. The van der Waals surface area contributed by atoms with Crippen LogP contribution in [-0.2, 0) is 6.54 Å². The average Bonchev–Trinajstić information content (AvgIpc) is 2.17. The molecule has 0 saturated heterocycles. The first-order chi connectivity index (χ1) is 6.72. The summed E-state index contributed by atoms with van der Waals surface area (Å²) in [6, 6.07) is 11.0. The van der Waals surface area contributed by atoms with E-state index in [9.17, 15) is 0 Å². The summed E-state index contributed by atoms with van der Waals surface area (Å²) < 4.78 is 0. The van der Waals surface area contributed by atoms with Crippen molar-refractivity contribution in [2.45, 2.75) is 33.4 Å². The second-order valence-corrected chi connectivity index (χ2v) is 3.78. The van der Waals surface area contributed by atoms with Gasteiger partial charge in [-0.2, -0.15) is 0 Å². The Balaban J connectivity index is 2.48. The molecule has 1 aromatic carbocycles. The molecule has 0 aliphatic heterocycles. The third-order valence-corrected chi connectivity index (χ3v) is 2.04. The molecule has 0 aliphatic rings. The first-order valence-corrected chi connectivity index (χ1v) is 5.27. The summed E-state index contributed by atoms with van der Waals surface area (Å²) in [7, 11) is 0. The third kappa shape index (κ3) is 3.90. The minimum Gasteiger partial charge on any atom is -0.252 e. The normalized spacial score (nSPS) is 11.2. The average molecular weight is 192 g/mol. The second-order valence-electron chi connectivity index (χ2n) is 3.78. The molecule has 1 rings (SSSR count). The Bertz CT molecular complexity index is 244. The number of nitrogens with one attached hydrogen (secondary N) is 1. The largest absolute Gasteiger partial charge is 0.252 e. The van der Waals surface area contributed by atoms with Crippen molar-refractivity contribution in [2.24, 2.45) is 0 Å². The Morgan fingerprint density at radius 3 is 2.36 bits per heavy atom. The Morgan fingerprint density at radius 1 is 1.21 bits per heavy atom. The summed E-state index contributed by atoms with van der Waals surface area (Å²) in [6.45, 7) is 8.47. The van der Waals surface area contributed by atoms with Gasteiger partial charge in [-0.25, -0.2) is 5.01 Å². The second kappa shape index (κ2) is 5.78. The van der Waals surface area contributed by atoms with Crippen LogP contribution in [0.5, 0.6) is 0 Å². The fourth-order valence-corrected chi connectivity index (χ4v) is 1.42. The molecule has 0 bridgehead atoms. The molecule has 0 atom stereocenters. The van der Waals surface area contributed by atoms with Crippen LogP contribution in [0.1, 0.15) is 26.3 Å². The molecule has 0 saturated carbocycles. The molecule has 0 fully saturated rings. The van der Waals surface area contributed by atoms with Gasteiger partial charge in [0.2, 0.25) is 0 Å². The van der Waals surface area contributed by atoms with Gasteiger partial charge in [0.15, 0.2) is 0 Å². The maximum absolute atomic E-state index is 3.41. The van der Waals surface area contributed by atoms with E-state index in [4.69, 9.17) is 0 Å². The molecular formula is C12H20N2. The summed E-state index contributed by atoms with van der Waals surface area (Å²) >= 11 is 0. The molecule has 0 amide bonds. The quantitative estimate of drug-likeness (QED) is 0.721. The lowest BCUT2D eigenvalue weighted by Gasteiger charge is -2.24. The van der Waals surface area contributed by atoms with E-state index in [0.29, 0.717) is 6.04 Å². The van der Waals surface area contributed by atoms with Crippen LogP contribution < -0.4 is 5.43 Å². The monoisotopic (exact) mass is 192 g/mol. The van der Waals surface area contributed by atoms with Gasteiger partial charge in [0, 0.05) is 19.1 Å². The lowest BCUT2D eigenvalue weighted by Crippen LogP contribution is -2.41. The summed E-state index contributed by atoms with van der Waals surface area (Å²) in [5, 5.41) is 2.24. The van der Waals surface area contributed by atoms with Gasteiger partial charge in [-0.3, -0.25) is 5.43 Å². The molecule has 0 unspecified atom stereocenters. The van der Waals surface area contributed by atoms with Crippen molar-refractivity contribution in [1.29, 1.82) is 0 Å². The van der Waals surface area contributed by atoms with Crippen molar-refractivity contribution in [3.8, 4) is 0 Å². The van der Waals surface area contributed by atoms with Crippen LogP contribution in [0.4, 0.5) is 0 Å². The molecule has 0 heterocycles. The van der Waals surface area contributed by atoms with Crippen molar-refractivity contribution in [2.75, 3.05) is 6.54 Å². The third-order valence-electron chi connectivity index (χ3n) is 2.04.